The molecule has 3 amide bonds. The monoisotopic (exact) mass is 419 g/mol. The van der Waals surface area contributed by atoms with E-state index in [2.05, 4.69) is 17.3 Å². The fourth-order valence-corrected chi connectivity index (χ4v) is 4.27. The predicted molar refractivity (Wildman–Crippen MR) is 107 cm³/mol. The minimum atomic E-state index is -0.542. The lowest BCUT2D eigenvalue weighted by molar-refractivity contribution is 0.0781. The average Bonchev–Trinajstić information content (AvgIpc) is 2.94. The number of nitrogens with one attached hydrogen (secondary N) is 1. The molecule has 0 spiro atoms. The van der Waals surface area contributed by atoms with Crippen LogP contribution in [0.1, 0.15) is 35.6 Å². The Kier molecular flexibility index (Phi) is 4.98. The number of hydrogen-bond acceptors (Lipinski definition) is 3. The van der Waals surface area contributed by atoms with Crippen molar-refractivity contribution in [1.82, 2.24) is 19.6 Å². The normalized spacial score (nSPS) is 21.5. The van der Waals surface area contributed by atoms with Gasteiger partial charge in [-0.1, -0.05) is 18.5 Å². The van der Waals surface area contributed by atoms with Gasteiger partial charge in [0, 0.05) is 43.9 Å². The molecule has 9 heteroatoms. The third kappa shape index (κ3) is 3.57. The van der Waals surface area contributed by atoms with E-state index in [1.165, 1.54) is 18.2 Å². The third-order valence-corrected chi connectivity index (χ3v) is 5.82. The number of carbonyl (C=O) groups excluding carboxylic acids is 2. The van der Waals surface area contributed by atoms with Crippen molar-refractivity contribution in [2.45, 2.75) is 39.4 Å². The number of nitrogens with zero attached hydrogens (tertiary/aromatic N) is 4. The van der Waals surface area contributed by atoms with Gasteiger partial charge in [-0.15, -0.1) is 0 Å². The second kappa shape index (κ2) is 7.33. The highest BCUT2D eigenvalue weighted by molar-refractivity contribution is 6.31. The van der Waals surface area contributed by atoms with Gasteiger partial charge in [0.25, 0.3) is 5.91 Å². The SMILES string of the molecule is C[C@H]1CN(C)C(=O)c2c3c(nn2C1)C[C@@H](C)N(C(=O)Nc1ccc(F)c(Cl)c1)C3. The number of aromatic nitrogens is 2. The molecular formula is C20H23ClFN5O2. The van der Waals surface area contributed by atoms with Gasteiger partial charge in [0.1, 0.15) is 11.5 Å². The molecule has 0 bridgehead atoms. The molecule has 0 saturated carbocycles. The first-order valence-electron chi connectivity index (χ1n) is 9.61. The largest absolute Gasteiger partial charge is 0.340 e. The Labute approximate surface area is 173 Å². The summed E-state index contributed by atoms with van der Waals surface area (Å²) in [5.41, 5.74) is 2.66. The van der Waals surface area contributed by atoms with Crippen molar-refractivity contribution in [2.24, 2.45) is 5.92 Å². The summed E-state index contributed by atoms with van der Waals surface area (Å²) in [6.45, 7) is 5.67. The highest BCUT2D eigenvalue weighted by atomic mass is 35.5. The molecule has 0 aliphatic carbocycles. The molecule has 2 aromatic rings. The minimum absolute atomic E-state index is 0.0542. The molecular weight excluding hydrogens is 397 g/mol. The van der Waals surface area contributed by atoms with Crippen LogP contribution in [0, 0.1) is 11.7 Å². The van der Waals surface area contributed by atoms with Crippen LogP contribution in [0.25, 0.3) is 0 Å². The van der Waals surface area contributed by atoms with E-state index in [9.17, 15) is 14.0 Å². The lowest BCUT2D eigenvalue weighted by atomic mass is 9.99. The quantitative estimate of drug-likeness (QED) is 0.770. The van der Waals surface area contributed by atoms with Crippen molar-refractivity contribution in [3.8, 4) is 0 Å². The van der Waals surface area contributed by atoms with Crippen LogP contribution in [0.4, 0.5) is 14.9 Å². The first-order chi connectivity index (χ1) is 13.7. The summed E-state index contributed by atoms with van der Waals surface area (Å²) >= 11 is 5.81. The molecule has 7 nitrogen and oxygen atoms in total. The van der Waals surface area contributed by atoms with Gasteiger partial charge in [0.05, 0.1) is 17.3 Å². The van der Waals surface area contributed by atoms with Gasteiger partial charge in [-0.2, -0.15) is 5.10 Å². The van der Waals surface area contributed by atoms with Crippen LogP contribution in [-0.2, 0) is 19.5 Å². The van der Waals surface area contributed by atoms with Crippen molar-refractivity contribution >= 4 is 29.2 Å². The highest BCUT2D eigenvalue weighted by Crippen LogP contribution is 2.29. The molecule has 2 aliphatic rings. The summed E-state index contributed by atoms with van der Waals surface area (Å²) in [6.07, 6.45) is 0.568. The van der Waals surface area contributed by atoms with Crippen LogP contribution >= 0.6 is 11.6 Å². The van der Waals surface area contributed by atoms with E-state index < -0.39 is 5.82 Å². The molecule has 0 unspecified atom stereocenters. The first-order valence-corrected chi connectivity index (χ1v) is 9.99. The van der Waals surface area contributed by atoms with Crippen LogP contribution in [0.5, 0.6) is 0 Å². The molecule has 2 aliphatic heterocycles. The smallest absolute Gasteiger partial charge is 0.322 e. The van der Waals surface area contributed by atoms with Crippen molar-refractivity contribution in [1.29, 1.82) is 0 Å². The Morgan fingerprint density at radius 1 is 1.31 bits per heavy atom. The summed E-state index contributed by atoms with van der Waals surface area (Å²) < 4.78 is 15.2. The highest BCUT2D eigenvalue weighted by Gasteiger charge is 2.36. The van der Waals surface area contributed by atoms with Crippen LogP contribution < -0.4 is 5.32 Å². The number of benzene rings is 1. The number of fused-ring (bicyclic) bond motifs is 3. The molecule has 4 rings (SSSR count). The molecule has 29 heavy (non-hydrogen) atoms. The summed E-state index contributed by atoms with van der Waals surface area (Å²) in [5, 5.41) is 7.40. The van der Waals surface area contributed by atoms with Crippen LogP contribution in [0.3, 0.4) is 0 Å². The van der Waals surface area contributed by atoms with Crippen LogP contribution in [-0.4, -0.2) is 51.2 Å². The zero-order valence-electron chi connectivity index (χ0n) is 16.6. The summed E-state index contributed by atoms with van der Waals surface area (Å²) in [4.78, 5) is 29.2. The fraction of sp³-hybridized carbons (Fsp3) is 0.450. The van der Waals surface area contributed by atoms with Gasteiger partial charge in [-0.25, -0.2) is 9.18 Å². The van der Waals surface area contributed by atoms with Crippen LogP contribution in [0.15, 0.2) is 18.2 Å². The Bertz CT molecular complexity index is 991. The molecule has 154 valence electrons. The van der Waals surface area contributed by atoms with Gasteiger partial charge in [0.15, 0.2) is 0 Å². The molecule has 0 radical (unpaired) electrons. The number of halogens is 2. The van der Waals surface area contributed by atoms with Crippen molar-refractivity contribution in [2.75, 3.05) is 18.9 Å². The number of hydrogen-bond donors (Lipinski definition) is 1. The predicted octanol–water partition coefficient (Wildman–Crippen LogP) is 3.38. The second-order valence-electron chi connectivity index (χ2n) is 7.99. The lowest BCUT2D eigenvalue weighted by Gasteiger charge is -2.33. The minimum Gasteiger partial charge on any atom is -0.340 e. The van der Waals surface area contributed by atoms with Crippen molar-refractivity contribution < 1.29 is 14.0 Å². The van der Waals surface area contributed by atoms with E-state index in [4.69, 9.17) is 11.6 Å². The Hall–Kier alpha value is -2.61. The number of amides is 3. The maximum absolute atomic E-state index is 13.4. The van der Waals surface area contributed by atoms with E-state index in [1.54, 1.807) is 21.5 Å². The van der Waals surface area contributed by atoms with E-state index in [-0.39, 0.29) is 23.0 Å². The summed E-state index contributed by atoms with van der Waals surface area (Å²) in [7, 11) is 1.79. The lowest BCUT2D eigenvalue weighted by Crippen LogP contribution is -2.45. The molecule has 1 N–H and O–H groups in total. The molecule has 1 aromatic carbocycles. The third-order valence-electron chi connectivity index (χ3n) is 5.53. The van der Waals surface area contributed by atoms with Gasteiger partial charge in [-0.05, 0) is 31.0 Å². The zero-order chi connectivity index (χ0) is 20.9. The van der Waals surface area contributed by atoms with E-state index >= 15 is 0 Å². The maximum Gasteiger partial charge on any atom is 0.322 e. The molecule has 1 aromatic heterocycles. The Morgan fingerprint density at radius 3 is 2.79 bits per heavy atom. The number of rotatable bonds is 1. The Balaban J connectivity index is 1.61. The van der Waals surface area contributed by atoms with E-state index in [0.29, 0.717) is 43.4 Å². The van der Waals surface area contributed by atoms with Crippen molar-refractivity contribution in [3.63, 3.8) is 0 Å². The van der Waals surface area contributed by atoms with Gasteiger partial charge >= 0.3 is 6.03 Å². The van der Waals surface area contributed by atoms with Crippen LogP contribution in [0.2, 0.25) is 5.02 Å². The van der Waals surface area contributed by atoms with Gasteiger partial charge < -0.3 is 15.1 Å². The first kappa shape index (κ1) is 19.7. The number of carbonyl (C=O) groups is 2. The standard InChI is InChI=1S/C20H23ClFN5O2/c1-11-8-25(3)19(28)18-14-10-26(12(2)6-17(14)24-27(18)9-11)20(29)23-13-4-5-16(22)15(21)7-13/h4-5,7,11-12H,6,8-10H2,1-3H3,(H,23,29)/t11-,12+/m0/s1. The second-order valence-corrected chi connectivity index (χ2v) is 8.39. The fourth-order valence-electron chi connectivity index (χ4n) is 4.09. The summed E-state index contributed by atoms with van der Waals surface area (Å²) in [6, 6.07) is 3.63. The Morgan fingerprint density at radius 2 is 2.07 bits per heavy atom. The maximum atomic E-state index is 13.4. The van der Waals surface area contributed by atoms with Gasteiger partial charge in [0.2, 0.25) is 0 Å². The van der Waals surface area contributed by atoms with Gasteiger partial charge in [-0.3, -0.25) is 9.48 Å². The van der Waals surface area contributed by atoms with E-state index in [1.807, 2.05) is 6.92 Å². The van der Waals surface area contributed by atoms with E-state index in [0.717, 1.165) is 11.3 Å². The molecule has 0 saturated heterocycles. The number of urea groups is 1. The summed E-state index contributed by atoms with van der Waals surface area (Å²) in [5.74, 6) is -0.310. The number of anilines is 1. The average molecular weight is 420 g/mol. The molecule has 3 heterocycles. The zero-order valence-corrected chi connectivity index (χ0v) is 17.3. The topological polar surface area (TPSA) is 70.5 Å². The van der Waals surface area contributed by atoms with Crippen molar-refractivity contribution in [3.05, 3.63) is 46.0 Å². The molecule has 2 atom stereocenters. The molecule has 0 fully saturated rings.